The highest BCUT2D eigenvalue weighted by Crippen LogP contribution is 2.52. The Balaban J connectivity index is 2.06. The maximum absolute atomic E-state index is 12.2. The fourth-order valence-corrected chi connectivity index (χ4v) is 2.59. The molecule has 2 atom stereocenters. The lowest BCUT2D eigenvalue weighted by Crippen LogP contribution is -2.22. The predicted molar refractivity (Wildman–Crippen MR) is 83.7 cm³/mol. The second-order valence-corrected chi connectivity index (χ2v) is 6.50. The summed E-state index contributed by atoms with van der Waals surface area (Å²) in [6.07, 6.45) is 2.10. The first kappa shape index (κ1) is 15.0. The van der Waals surface area contributed by atoms with E-state index in [0.717, 1.165) is 30.6 Å². The number of para-hydroxylation sites is 1. The molecule has 0 radical (unpaired) electrons. The Morgan fingerprint density at radius 2 is 2.05 bits per heavy atom. The van der Waals surface area contributed by atoms with Gasteiger partial charge in [-0.3, -0.25) is 4.79 Å². The lowest BCUT2D eigenvalue weighted by molar-refractivity contribution is -0.118. The van der Waals surface area contributed by atoms with Gasteiger partial charge in [-0.05, 0) is 43.4 Å². The zero-order chi connectivity index (χ0) is 14.8. The smallest absolute Gasteiger partial charge is 0.228 e. The molecule has 20 heavy (non-hydrogen) atoms. The third kappa shape index (κ3) is 3.40. The summed E-state index contributed by atoms with van der Waals surface area (Å²) in [6.45, 7) is 9.58. The maximum atomic E-state index is 12.2. The third-order valence-electron chi connectivity index (χ3n) is 4.22. The van der Waals surface area contributed by atoms with Crippen molar-refractivity contribution in [1.29, 1.82) is 0 Å². The van der Waals surface area contributed by atoms with E-state index in [0.29, 0.717) is 0 Å². The monoisotopic (exact) mass is 274 g/mol. The topological polar surface area (TPSA) is 41.1 Å². The number of amides is 1. The Hall–Kier alpha value is -1.35. The van der Waals surface area contributed by atoms with Crippen LogP contribution < -0.4 is 10.6 Å². The molecule has 1 aliphatic rings. The van der Waals surface area contributed by atoms with Crippen LogP contribution in [-0.2, 0) is 4.79 Å². The van der Waals surface area contributed by atoms with Crippen LogP contribution >= 0.6 is 0 Å². The molecule has 0 spiro atoms. The molecule has 0 aromatic heterocycles. The van der Waals surface area contributed by atoms with Crippen molar-refractivity contribution >= 4 is 11.6 Å². The van der Waals surface area contributed by atoms with Gasteiger partial charge in [0.15, 0.2) is 0 Å². The van der Waals surface area contributed by atoms with E-state index in [1.807, 2.05) is 18.2 Å². The molecule has 2 rings (SSSR count). The molecule has 0 saturated heterocycles. The highest BCUT2D eigenvalue weighted by atomic mass is 16.2. The molecule has 2 unspecified atom stereocenters. The van der Waals surface area contributed by atoms with Crippen LogP contribution in [0.4, 0.5) is 5.69 Å². The van der Waals surface area contributed by atoms with Gasteiger partial charge in [-0.2, -0.15) is 0 Å². The number of hydrogen-bond donors (Lipinski definition) is 2. The number of benzene rings is 1. The molecule has 1 aromatic rings. The zero-order valence-electron chi connectivity index (χ0n) is 13.0. The van der Waals surface area contributed by atoms with Gasteiger partial charge in [0.25, 0.3) is 0 Å². The van der Waals surface area contributed by atoms with Crippen LogP contribution in [0.5, 0.6) is 0 Å². The standard InChI is InChI=1S/C17H26N2O/c1-5-10-18-12(2)13-8-6-7-9-15(13)19-16(20)14-11-17(14,3)4/h6-9,12,14,18H,5,10-11H2,1-4H3,(H,19,20). The van der Waals surface area contributed by atoms with Crippen LogP contribution in [0, 0.1) is 11.3 Å². The summed E-state index contributed by atoms with van der Waals surface area (Å²) >= 11 is 0. The fourth-order valence-electron chi connectivity index (χ4n) is 2.59. The predicted octanol–water partition coefficient (Wildman–Crippen LogP) is 3.73. The van der Waals surface area contributed by atoms with E-state index >= 15 is 0 Å². The zero-order valence-corrected chi connectivity index (χ0v) is 13.0. The Morgan fingerprint density at radius 3 is 2.65 bits per heavy atom. The Morgan fingerprint density at radius 1 is 1.40 bits per heavy atom. The van der Waals surface area contributed by atoms with E-state index in [9.17, 15) is 4.79 Å². The number of anilines is 1. The van der Waals surface area contributed by atoms with Crippen molar-refractivity contribution in [1.82, 2.24) is 5.32 Å². The van der Waals surface area contributed by atoms with Crippen molar-refractivity contribution in [3.8, 4) is 0 Å². The summed E-state index contributed by atoms with van der Waals surface area (Å²) in [4.78, 5) is 12.2. The van der Waals surface area contributed by atoms with Crippen molar-refractivity contribution in [2.75, 3.05) is 11.9 Å². The first-order chi connectivity index (χ1) is 9.45. The van der Waals surface area contributed by atoms with Crippen molar-refractivity contribution in [2.45, 2.75) is 46.6 Å². The molecule has 1 aliphatic carbocycles. The van der Waals surface area contributed by atoms with E-state index in [1.54, 1.807) is 0 Å². The first-order valence-electron chi connectivity index (χ1n) is 7.59. The molecule has 0 heterocycles. The lowest BCUT2D eigenvalue weighted by atomic mass is 10.0. The maximum Gasteiger partial charge on any atom is 0.228 e. The minimum absolute atomic E-state index is 0.158. The Kier molecular flexibility index (Phi) is 4.48. The van der Waals surface area contributed by atoms with Gasteiger partial charge >= 0.3 is 0 Å². The van der Waals surface area contributed by atoms with Crippen LogP contribution in [0.25, 0.3) is 0 Å². The number of nitrogens with one attached hydrogen (secondary N) is 2. The van der Waals surface area contributed by atoms with Crippen LogP contribution in [-0.4, -0.2) is 12.5 Å². The summed E-state index contributed by atoms with van der Waals surface area (Å²) in [7, 11) is 0. The van der Waals surface area contributed by atoms with Crippen molar-refractivity contribution in [3.63, 3.8) is 0 Å². The normalized spacial score (nSPS) is 21.3. The van der Waals surface area contributed by atoms with Gasteiger partial charge in [-0.15, -0.1) is 0 Å². The molecule has 1 saturated carbocycles. The molecule has 0 aliphatic heterocycles. The van der Waals surface area contributed by atoms with Crippen LogP contribution in [0.1, 0.15) is 52.1 Å². The molecule has 110 valence electrons. The minimum Gasteiger partial charge on any atom is -0.326 e. The Bertz CT molecular complexity index is 482. The minimum atomic E-state index is 0.158. The van der Waals surface area contributed by atoms with Gasteiger partial charge in [-0.1, -0.05) is 39.0 Å². The van der Waals surface area contributed by atoms with Crippen LogP contribution in [0.2, 0.25) is 0 Å². The van der Waals surface area contributed by atoms with E-state index < -0.39 is 0 Å². The summed E-state index contributed by atoms with van der Waals surface area (Å²) < 4.78 is 0. The van der Waals surface area contributed by atoms with E-state index in [-0.39, 0.29) is 23.3 Å². The van der Waals surface area contributed by atoms with E-state index in [4.69, 9.17) is 0 Å². The molecule has 1 amide bonds. The molecule has 1 aromatic carbocycles. The van der Waals surface area contributed by atoms with Gasteiger partial charge in [0.2, 0.25) is 5.91 Å². The highest BCUT2D eigenvalue weighted by Gasteiger charge is 2.50. The van der Waals surface area contributed by atoms with Gasteiger partial charge in [0, 0.05) is 17.6 Å². The first-order valence-corrected chi connectivity index (χ1v) is 7.59. The third-order valence-corrected chi connectivity index (χ3v) is 4.22. The SMILES string of the molecule is CCCNC(C)c1ccccc1NC(=O)C1CC1(C)C. The summed E-state index contributed by atoms with van der Waals surface area (Å²) in [6, 6.07) is 8.33. The van der Waals surface area contributed by atoms with E-state index in [1.165, 1.54) is 0 Å². The number of hydrogen-bond acceptors (Lipinski definition) is 2. The van der Waals surface area contributed by atoms with Crippen LogP contribution in [0.15, 0.2) is 24.3 Å². The molecule has 2 N–H and O–H groups in total. The molecular formula is C17H26N2O. The molecule has 3 nitrogen and oxygen atoms in total. The second-order valence-electron chi connectivity index (χ2n) is 6.50. The fraction of sp³-hybridized carbons (Fsp3) is 0.588. The summed E-state index contributed by atoms with van der Waals surface area (Å²) in [5.74, 6) is 0.319. The summed E-state index contributed by atoms with van der Waals surface area (Å²) in [5, 5.41) is 6.58. The second kappa shape index (κ2) is 5.96. The Labute approximate surface area is 122 Å². The molecule has 3 heteroatoms. The average Bonchev–Trinajstić information content (AvgIpc) is 3.06. The van der Waals surface area contributed by atoms with Crippen LogP contribution in [0.3, 0.4) is 0 Å². The number of carbonyl (C=O) groups excluding carboxylic acids is 1. The van der Waals surface area contributed by atoms with E-state index in [2.05, 4.69) is 44.4 Å². The van der Waals surface area contributed by atoms with Gasteiger partial charge in [0.05, 0.1) is 0 Å². The quantitative estimate of drug-likeness (QED) is 0.830. The van der Waals surface area contributed by atoms with Crippen molar-refractivity contribution in [2.24, 2.45) is 11.3 Å². The van der Waals surface area contributed by atoms with Gasteiger partial charge in [0.1, 0.15) is 0 Å². The largest absolute Gasteiger partial charge is 0.326 e. The van der Waals surface area contributed by atoms with Crippen molar-refractivity contribution < 1.29 is 4.79 Å². The lowest BCUT2D eigenvalue weighted by Gasteiger charge is -2.18. The van der Waals surface area contributed by atoms with Crippen molar-refractivity contribution in [3.05, 3.63) is 29.8 Å². The number of carbonyl (C=O) groups is 1. The highest BCUT2D eigenvalue weighted by molar-refractivity contribution is 5.95. The molecular weight excluding hydrogens is 248 g/mol. The van der Waals surface area contributed by atoms with Gasteiger partial charge < -0.3 is 10.6 Å². The number of rotatable bonds is 6. The van der Waals surface area contributed by atoms with Gasteiger partial charge in [-0.25, -0.2) is 0 Å². The molecule has 1 fully saturated rings. The summed E-state index contributed by atoms with van der Waals surface area (Å²) in [5.41, 5.74) is 2.27. The molecule has 0 bridgehead atoms. The average molecular weight is 274 g/mol.